The highest BCUT2D eigenvalue weighted by Gasteiger charge is 2.27. The molecule has 0 radical (unpaired) electrons. The first-order valence-corrected chi connectivity index (χ1v) is 7.11. The van der Waals surface area contributed by atoms with Gasteiger partial charge in [0.1, 0.15) is 5.84 Å². The molecule has 10 heteroatoms. The van der Waals surface area contributed by atoms with Crippen molar-refractivity contribution in [2.24, 2.45) is 10.9 Å². The molecule has 9 nitrogen and oxygen atoms in total. The first kappa shape index (κ1) is 17.4. The molecular weight excluding hydrogens is 276 g/mol. The second-order valence-corrected chi connectivity index (χ2v) is 5.50. The number of ether oxygens (including phenoxy) is 1. The summed E-state index contributed by atoms with van der Waals surface area (Å²) in [6.45, 7) is 4.87. The van der Waals surface area contributed by atoms with Crippen LogP contribution in [0, 0.1) is 0 Å². The number of carbonyl (C=O) groups excluding carboxylic acids is 1. The maximum Gasteiger partial charge on any atom is 0.421 e. The smallest absolute Gasteiger partial charge is 0.421 e. The van der Waals surface area contributed by atoms with E-state index in [1.807, 2.05) is 0 Å². The molecule has 0 aromatic heterocycles. The Bertz CT molecular complexity index is 420. The van der Waals surface area contributed by atoms with Gasteiger partial charge in [-0.2, -0.15) is 12.7 Å². The van der Waals surface area contributed by atoms with Crippen LogP contribution in [0.4, 0.5) is 4.79 Å². The van der Waals surface area contributed by atoms with Crippen molar-refractivity contribution in [1.82, 2.24) is 9.03 Å². The van der Waals surface area contributed by atoms with Crippen molar-refractivity contribution in [1.29, 1.82) is 0 Å². The van der Waals surface area contributed by atoms with Gasteiger partial charge in [-0.05, 0) is 20.8 Å². The van der Waals surface area contributed by atoms with Gasteiger partial charge in [-0.3, -0.25) is 0 Å². The molecule has 0 aromatic carbocycles. The third-order valence-electron chi connectivity index (χ3n) is 2.09. The Morgan fingerprint density at radius 2 is 2.11 bits per heavy atom. The van der Waals surface area contributed by atoms with Crippen LogP contribution in [0.25, 0.3) is 0 Å². The lowest BCUT2D eigenvalue weighted by atomic mass is 10.3. The van der Waals surface area contributed by atoms with Crippen molar-refractivity contribution in [2.45, 2.75) is 33.2 Å². The van der Waals surface area contributed by atoms with E-state index in [-0.39, 0.29) is 25.4 Å². The Balaban J connectivity index is 4.81. The van der Waals surface area contributed by atoms with Crippen LogP contribution in [0.1, 0.15) is 27.2 Å². The summed E-state index contributed by atoms with van der Waals surface area (Å²) in [6.07, 6.45) is -1.00. The molecule has 0 aliphatic carbocycles. The Morgan fingerprint density at radius 3 is 2.53 bits per heavy atom. The lowest BCUT2D eigenvalue weighted by Gasteiger charge is -2.25. The number of hydrogen-bond donors (Lipinski definition) is 3. The van der Waals surface area contributed by atoms with E-state index in [1.165, 1.54) is 0 Å². The van der Waals surface area contributed by atoms with Gasteiger partial charge in [0, 0.05) is 19.0 Å². The highest BCUT2D eigenvalue weighted by Crippen LogP contribution is 2.06. The fourth-order valence-corrected chi connectivity index (χ4v) is 2.53. The number of nitrogens with one attached hydrogen (secondary N) is 1. The SMILES string of the molecule is CCOC(=O)NS(=O)(=O)N(CCC(N)=NO)C(C)C. The van der Waals surface area contributed by atoms with Gasteiger partial charge in [0.05, 0.1) is 6.61 Å². The molecule has 0 rings (SSSR count). The highest BCUT2D eigenvalue weighted by molar-refractivity contribution is 7.87. The van der Waals surface area contributed by atoms with Gasteiger partial charge in [0.2, 0.25) is 0 Å². The molecule has 19 heavy (non-hydrogen) atoms. The van der Waals surface area contributed by atoms with Crippen LogP contribution in [-0.2, 0) is 14.9 Å². The average molecular weight is 296 g/mol. The summed E-state index contributed by atoms with van der Waals surface area (Å²) in [5.41, 5.74) is 5.28. The summed E-state index contributed by atoms with van der Waals surface area (Å²) in [7, 11) is -4.03. The van der Waals surface area contributed by atoms with Gasteiger partial charge in [0.25, 0.3) is 0 Å². The van der Waals surface area contributed by atoms with Crippen LogP contribution in [-0.4, -0.2) is 49.1 Å². The van der Waals surface area contributed by atoms with Crippen molar-refractivity contribution in [2.75, 3.05) is 13.2 Å². The molecule has 0 aliphatic rings. The second-order valence-electron chi connectivity index (χ2n) is 3.87. The summed E-state index contributed by atoms with van der Waals surface area (Å²) in [6, 6.07) is -0.404. The molecule has 0 fully saturated rings. The van der Waals surface area contributed by atoms with Gasteiger partial charge in [-0.15, -0.1) is 0 Å². The lowest BCUT2D eigenvalue weighted by Crippen LogP contribution is -2.47. The molecule has 0 spiro atoms. The van der Waals surface area contributed by atoms with E-state index in [0.717, 1.165) is 4.31 Å². The first-order chi connectivity index (χ1) is 8.74. The minimum absolute atomic E-state index is 0.0255. The third-order valence-corrected chi connectivity index (χ3v) is 3.74. The normalized spacial score (nSPS) is 12.8. The number of nitrogens with zero attached hydrogens (tertiary/aromatic N) is 2. The first-order valence-electron chi connectivity index (χ1n) is 5.67. The molecule has 112 valence electrons. The van der Waals surface area contributed by atoms with E-state index < -0.39 is 22.3 Å². The molecule has 4 N–H and O–H groups in total. The van der Waals surface area contributed by atoms with Gasteiger partial charge < -0.3 is 15.7 Å². The van der Waals surface area contributed by atoms with Crippen molar-refractivity contribution in [3.8, 4) is 0 Å². The number of oxime groups is 1. The highest BCUT2D eigenvalue weighted by atomic mass is 32.2. The Kier molecular flexibility index (Phi) is 7.16. The predicted octanol–water partition coefficient (Wildman–Crippen LogP) is -0.176. The summed E-state index contributed by atoms with van der Waals surface area (Å²) in [5.74, 6) is -0.100. The van der Waals surface area contributed by atoms with Crippen LogP contribution < -0.4 is 10.5 Å². The predicted molar refractivity (Wildman–Crippen MR) is 68.9 cm³/mol. The van der Waals surface area contributed by atoms with E-state index in [9.17, 15) is 13.2 Å². The molecule has 0 saturated carbocycles. The molecule has 0 bridgehead atoms. The van der Waals surface area contributed by atoms with Crippen LogP contribution in [0.2, 0.25) is 0 Å². The van der Waals surface area contributed by atoms with E-state index in [4.69, 9.17) is 10.9 Å². The van der Waals surface area contributed by atoms with Gasteiger partial charge in [0.15, 0.2) is 0 Å². The third kappa shape index (κ3) is 6.25. The molecule has 0 unspecified atom stereocenters. The molecule has 0 heterocycles. The maximum absolute atomic E-state index is 11.9. The molecule has 0 aliphatic heterocycles. The second kappa shape index (κ2) is 7.79. The largest absolute Gasteiger partial charge is 0.449 e. The van der Waals surface area contributed by atoms with Gasteiger partial charge in [-0.25, -0.2) is 9.52 Å². The molecule has 1 amide bonds. The average Bonchev–Trinajstić information content (AvgIpc) is 2.27. The van der Waals surface area contributed by atoms with E-state index in [1.54, 1.807) is 25.5 Å². The fourth-order valence-electron chi connectivity index (χ4n) is 1.26. The number of carbonyl (C=O) groups is 1. The summed E-state index contributed by atoms with van der Waals surface area (Å²) >= 11 is 0. The topological polar surface area (TPSA) is 134 Å². The van der Waals surface area contributed by atoms with Crippen molar-refractivity contribution in [3.63, 3.8) is 0 Å². The number of nitrogens with two attached hydrogens (primary N) is 1. The van der Waals surface area contributed by atoms with Crippen molar-refractivity contribution < 1.29 is 23.2 Å². The minimum Gasteiger partial charge on any atom is -0.449 e. The van der Waals surface area contributed by atoms with Crippen molar-refractivity contribution >= 4 is 22.1 Å². The standard InChI is InChI=1S/C9H20N4O5S/c1-4-18-9(14)12-19(16,17)13(7(2)3)6-5-8(10)11-15/h7,15H,4-6H2,1-3H3,(H2,10,11)(H,12,14). The zero-order chi connectivity index (χ0) is 15.1. The molecular formula is C9H20N4O5S. The summed E-state index contributed by atoms with van der Waals surface area (Å²) in [4.78, 5) is 11.2. The summed E-state index contributed by atoms with van der Waals surface area (Å²) in [5, 5.41) is 11.2. The van der Waals surface area contributed by atoms with Crippen LogP contribution in [0.3, 0.4) is 0 Å². The number of hydrogen-bond acceptors (Lipinski definition) is 6. The molecule has 0 aromatic rings. The van der Waals surface area contributed by atoms with Crippen LogP contribution >= 0.6 is 0 Å². The zero-order valence-corrected chi connectivity index (χ0v) is 12.0. The number of amidine groups is 1. The van der Waals surface area contributed by atoms with Gasteiger partial charge in [-0.1, -0.05) is 5.16 Å². The Labute approximate surface area is 112 Å². The van der Waals surface area contributed by atoms with Gasteiger partial charge >= 0.3 is 16.3 Å². The van der Waals surface area contributed by atoms with E-state index in [0.29, 0.717) is 0 Å². The molecule has 0 saturated heterocycles. The van der Waals surface area contributed by atoms with Crippen LogP contribution in [0.5, 0.6) is 0 Å². The van der Waals surface area contributed by atoms with E-state index in [2.05, 4.69) is 9.89 Å². The Hall–Kier alpha value is -1.55. The maximum atomic E-state index is 11.9. The Morgan fingerprint density at radius 1 is 1.53 bits per heavy atom. The number of rotatable bonds is 7. The van der Waals surface area contributed by atoms with Crippen LogP contribution in [0.15, 0.2) is 5.16 Å². The quantitative estimate of drug-likeness (QED) is 0.258. The fraction of sp³-hybridized carbons (Fsp3) is 0.778. The summed E-state index contributed by atoms with van der Waals surface area (Å²) < 4.78 is 31.2. The number of amides is 1. The minimum atomic E-state index is -4.03. The van der Waals surface area contributed by atoms with E-state index >= 15 is 0 Å². The van der Waals surface area contributed by atoms with Crippen molar-refractivity contribution in [3.05, 3.63) is 0 Å². The lowest BCUT2D eigenvalue weighted by molar-refractivity contribution is 0.158. The molecule has 0 atom stereocenters. The monoisotopic (exact) mass is 296 g/mol. The zero-order valence-electron chi connectivity index (χ0n) is 11.2.